The number of hydrogen-bond acceptors (Lipinski definition) is 4. The number of rotatable bonds is 5. The second-order valence-corrected chi connectivity index (χ2v) is 8.52. The van der Waals surface area contributed by atoms with E-state index in [4.69, 9.17) is 4.74 Å². The normalized spacial score (nSPS) is 14.6. The number of methoxy groups -OCH3 is 1. The number of sulfonamides is 1. The number of ether oxygens (including phenoxy) is 1. The van der Waals surface area contributed by atoms with Gasteiger partial charge >= 0.3 is 0 Å². The van der Waals surface area contributed by atoms with Gasteiger partial charge in [-0.3, -0.25) is 9.52 Å². The Morgan fingerprint density at radius 2 is 1.88 bits per heavy atom. The van der Waals surface area contributed by atoms with E-state index in [-0.39, 0.29) is 10.8 Å². The first-order valence-electron chi connectivity index (χ1n) is 7.67. The van der Waals surface area contributed by atoms with Crippen LogP contribution in [-0.4, -0.2) is 28.0 Å². The topological polar surface area (TPSA) is 75.7 Å². The fraction of sp³-hybridized carbons (Fsp3) is 0.235. The average molecular weight is 472 g/mol. The fourth-order valence-electron chi connectivity index (χ4n) is 2.68. The molecule has 1 N–H and O–H groups in total. The van der Waals surface area contributed by atoms with E-state index >= 15 is 0 Å². The van der Waals surface area contributed by atoms with Crippen LogP contribution in [0, 0.1) is 3.57 Å². The smallest absolute Gasteiger partial charge is 0.261 e. The monoisotopic (exact) mass is 472 g/mol. The Balaban J connectivity index is 1.95. The quantitative estimate of drug-likeness (QED) is 0.679. The molecular formula is C17H17IN2O4S. The number of carbonyl (C=O) groups is 1. The highest BCUT2D eigenvalue weighted by Gasteiger charge is 2.26. The molecule has 0 aliphatic carbocycles. The third kappa shape index (κ3) is 3.90. The van der Waals surface area contributed by atoms with Crippen LogP contribution in [0.4, 0.5) is 11.4 Å². The zero-order chi connectivity index (χ0) is 18.0. The molecule has 1 saturated heterocycles. The van der Waals surface area contributed by atoms with Crippen molar-refractivity contribution in [2.45, 2.75) is 17.7 Å². The number of carbonyl (C=O) groups excluding carboxylic acids is 1. The maximum absolute atomic E-state index is 12.7. The molecule has 3 rings (SSSR count). The highest BCUT2D eigenvalue weighted by atomic mass is 127. The van der Waals surface area contributed by atoms with E-state index in [0.29, 0.717) is 30.1 Å². The van der Waals surface area contributed by atoms with Gasteiger partial charge in [-0.05, 0) is 71.5 Å². The first kappa shape index (κ1) is 18.0. The van der Waals surface area contributed by atoms with Gasteiger partial charge in [-0.1, -0.05) is 0 Å². The molecule has 1 fully saturated rings. The van der Waals surface area contributed by atoms with Crippen molar-refractivity contribution in [2.75, 3.05) is 23.3 Å². The lowest BCUT2D eigenvalue weighted by Gasteiger charge is -2.20. The molecule has 1 amide bonds. The summed E-state index contributed by atoms with van der Waals surface area (Å²) in [5, 5.41) is 0. The number of halogens is 1. The van der Waals surface area contributed by atoms with Crippen molar-refractivity contribution in [2.24, 2.45) is 0 Å². The molecule has 132 valence electrons. The highest BCUT2D eigenvalue weighted by Crippen LogP contribution is 2.34. The lowest BCUT2D eigenvalue weighted by atomic mass is 10.2. The van der Waals surface area contributed by atoms with Crippen LogP contribution in [0.3, 0.4) is 0 Å². The molecular weight excluding hydrogens is 455 g/mol. The summed E-state index contributed by atoms with van der Waals surface area (Å²) in [7, 11) is -2.27. The summed E-state index contributed by atoms with van der Waals surface area (Å²) in [6, 6.07) is 11.6. The van der Waals surface area contributed by atoms with Crippen LogP contribution in [0.1, 0.15) is 12.8 Å². The molecule has 1 aliphatic rings. The molecule has 0 aromatic heterocycles. The second-order valence-electron chi connectivity index (χ2n) is 5.59. The van der Waals surface area contributed by atoms with Crippen LogP contribution in [0.2, 0.25) is 0 Å². The summed E-state index contributed by atoms with van der Waals surface area (Å²) in [5.41, 5.74) is 0.963. The zero-order valence-electron chi connectivity index (χ0n) is 13.5. The van der Waals surface area contributed by atoms with Crippen molar-refractivity contribution in [3.63, 3.8) is 0 Å². The molecule has 8 heteroatoms. The molecule has 0 atom stereocenters. The first-order chi connectivity index (χ1) is 11.9. The van der Waals surface area contributed by atoms with Gasteiger partial charge in [0.1, 0.15) is 5.75 Å². The number of nitrogens with one attached hydrogen (secondary N) is 1. The molecule has 25 heavy (non-hydrogen) atoms. The lowest BCUT2D eigenvalue weighted by Crippen LogP contribution is -2.24. The molecule has 6 nitrogen and oxygen atoms in total. The Labute approximate surface area is 160 Å². The second kappa shape index (κ2) is 7.20. The average Bonchev–Trinajstić information content (AvgIpc) is 3.02. The van der Waals surface area contributed by atoms with Crippen molar-refractivity contribution in [1.29, 1.82) is 0 Å². The fourth-order valence-corrected chi connectivity index (χ4v) is 4.12. The zero-order valence-corrected chi connectivity index (χ0v) is 16.5. The van der Waals surface area contributed by atoms with Gasteiger partial charge in [-0.2, -0.15) is 0 Å². The van der Waals surface area contributed by atoms with Crippen molar-refractivity contribution in [3.8, 4) is 5.75 Å². The van der Waals surface area contributed by atoms with Crippen molar-refractivity contribution < 1.29 is 17.9 Å². The summed E-state index contributed by atoms with van der Waals surface area (Å²) in [4.78, 5) is 13.7. The standard InChI is InChI=1S/C17H17IN2O4S/c1-24-16-9-8-14(11-15(16)20-10-2-3-17(20)21)25(22,23)19-13-6-4-12(18)5-7-13/h4-9,11,19H,2-3,10H2,1H3. The van der Waals surface area contributed by atoms with E-state index < -0.39 is 10.0 Å². The molecule has 1 aliphatic heterocycles. The largest absolute Gasteiger partial charge is 0.495 e. The Morgan fingerprint density at radius 1 is 1.16 bits per heavy atom. The molecule has 2 aromatic rings. The van der Waals surface area contributed by atoms with E-state index in [1.54, 1.807) is 23.1 Å². The third-order valence-electron chi connectivity index (χ3n) is 3.92. The van der Waals surface area contributed by atoms with Gasteiger partial charge in [-0.15, -0.1) is 0 Å². The van der Waals surface area contributed by atoms with Gasteiger partial charge in [0.15, 0.2) is 0 Å². The maximum Gasteiger partial charge on any atom is 0.261 e. The molecule has 0 saturated carbocycles. The van der Waals surface area contributed by atoms with Gasteiger partial charge in [0.2, 0.25) is 5.91 Å². The van der Waals surface area contributed by atoms with Crippen LogP contribution in [0.25, 0.3) is 0 Å². The molecule has 0 radical (unpaired) electrons. The van der Waals surface area contributed by atoms with Crippen molar-refractivity contribution in [1.82, 2.24) is 0 Å². The summed E-state index contributed by atoms with van der Waals surface area (Å²) in [6.07, 6.45) is 1.21. The minimum absolute atomic E-state index is 0.0292. The van der Waals surface area contributed by atoms with Crippen LogP contribution < -0.4 is 14.4 Å². The number of benzene rings is 2. The predicted molar refractivity (Wildman–Crippen MR) is 105 cm³/mol. The van der Waals surface area contributed by atoms with Gasteiger partial charge in [0, 0.05) is 22.2 Å². The van der Waals surface area contributed by atoms with Crippen molar-refractivity contribution in [3.05, 3.63) is 46.0 Å². The summed E-state index contributed by atoms with van der Waals surface area (Å²) >= 11 is 2.15. The summed E-state index contributed by atoms with van der Waals surface area (Å²) in [5.74, 6) is 0.446. The SMILES string of the molecule is COc1ccc(S(=O)(=O)Nc2ccc(I)cc2)cc1N1CCCC1=O. The molecule has 0 unspecified atom stereocenters. The van der Waals surface area contributed by atoms with E-state index in [0.717, 1.165) is 9.99 Å². The lowest BCUT2D eigenvalue weighted by molar-refractivity contribution is -0.117. The van der Waals surface area contributed by atoms with Crippen molar-refractivity contribution >= 4 is 49.9 Å². The summed E-state index contributed by atoms with van der Waals surface area (Å²) in [6.45, 7) is 0.559. The molecule has 0 spiro atoms. The van der Waals surface area contributed by atoms with Gasteiger partial charge < -0.3 is 9.64 Å². The van der Waals surface area contributed by atoms with Crippen LogP contribution >= 0.6 is 22.6 Å². The number of nitrogens with zero attached hydrogens (tertiary/aromatic N) is 1. The molecule has 0 bridgehead atoms. The highest BCUT2D eigenvalue weighted by molar-refractivity contribution is 14.1. The van der Waals surface area contributed by atoms with Crippen LogP contribution in [-0.2, 0) is 14.8 Å². The third-order valence-corrected chi connectivity index (χ3v) is 6.02. The van der Waals surface area contributed by atoms with Crippen LogP contribution in [0.15, 0.2) is 47.4 Å². The van der Waals surface area contributed by atoms with E-state index in [1.165, 1.54) is 19.2 Å². The Kier molecular flexibility index (Phi) is 5.19. The van der Waals surface area contributed by atoms with E-state index in [9.17, 15) is 13.2 Å². The van der Waals surface area contributed by atoms with Gasteiger partial charge in [0.25, 0.3) is 10.0 Å². The van der Waals surface area contributed by atoms with Gasteiger partial charge in [0.05, 0.1) is 17.7 Å². The Hall–Kier alpha value is -1.81. The van der Waals surface area contributed by atoms with E-state index in [1.807, 2.05) is 12.1 Å². The minimum atomic E-state index is -3.77. The molecule has 1 heterocycles. The minimum Gasteiger partial charge on any atom is -0.495 e. The Morgan fingerprint density at radius 3 is 2.48 bits per heavy atom. The van der Waals surface area contributed by atoms with Gasteiger partial charge in [-0.25, -0.2) is 8.42 Å². The number of amides is 1. The summed E-state index contributed by atoms with van der Waals surface area (Å²) < 4.78 is 34.2. The predicted octanol–water partition coefficient (Wildman–Crippen LogP) is 3.23. The van der Waals surface area contributed by atoms with Crippen LogP contribution in [0.5, 0.6) is 5.75 Å². The Bertz CT molecular complexity index is 897. The van der Waals surface area contributed by atoms with E-state index in [2.05, 4.69) is 27.3 Å². The maximum atomic E-state index is 12.7. The molecule has 2 aromatic carbocycles. The first-order valence-corrected chi connectivity index (χ1v) is 10.2. The number of anilines is 2. The number of hydrogen-bond donors (Lipinski definition) is 1.